The van der Waals surface area contributed by atoms with Crippen molar-refractivity contribution in [3.8, 4) is 5.75 Å². The summed E-state index contributed by atoms with van der Waals surface area (Å²) in [5, 5.41) is 28.6. The summed E-state index contributed by atoms with van der Waals surface area (Å²) < 4.78 is 20.0. The van der Waals surface area contributed by atoms with Gasteiger partial charge in [-0.3, -0.25) is 14.5 Å². The average molecular weight is 533 g/mol. The summed E-state index contributed by atoms with van der Waals surface area (Å²) in [7, 11) is -1.70. The van der Waals surface area contributed by atoms with Crippen molar-refractivity contribution >= 4 is 36.2 Å². The monoisotopic (exact) mass is 533 g/mol. The number of benzene rings is 2. The first-order valence-electron chi connectivity index (χ1n) is 13.5. The Kier molecular flexibility index (Phi) is 7.76. The fourth-order valence-corrected chi connectivity index (χ4v) is 6.42. The average Bonchev–Trinajstić information content (AvgIpc) is 3.44. The molecule has 2 amide bonds. The molecule has 5 rings (SSSR count). The highest BCUT2D eigenvalue weighted by molar-refractivity contribution is 6.58. The molecule has 2 fully saturated rings. The highest BCUT2D eigenvalue weighted by Crippen LogP contribution is 2.51. The second-order valence-corrected chi connectivity index (χ2v) is 10.8. The number of allylic oxidation sites excluding steroid dienone is 2. The van der Waals surface area contributed by atoms with Crippen LogP contribution in [0.4, 0.5) is 10.1 Å². The lowest BCUT2D eigenvalue weighted by Gasteiger charge is -2.31. The lowest BCUT2D eigenvalue weighted by Crippen LogP contribution is -2.35. The summed E-state index contributed by atoms with van der Waals surface area (Å²) in [6.45, 7) is 4.45. The quantitative estimate of drug-likeness (QED) is 0.271. The van der Waals surface area contributed by atoms with Crippen LogP contribution in [0.1, 0.15) is 51.5 Å². The second-order valence-electron chi connectivity index (χ2n) is 10.8. The first kappa shape index (κ1) is 27.3. The lowest BCUT2D eigenvalue weighted by molar-refractivity contribution is -0.122. The Balaban J connectivity index is 1.37. The number of amides is 2. The number of nitrogens with zero attached hydrogens (tertiary/aromatic N) is 1. The molecule has 2 aromatic carbocycles. The first-order chi connectivity index (χ1) is 18.7. The molecule has 1 aliphatic carbocycles. The topological polar surface area (TPSA) is 107 Å². The Morgan fingerprint density at radius 1 is 1.15 bits per heavy atom. The maximum absolute atomic E-state index is 13.7. The highest BCUT2D eigenvalue weighted by Gasteiger charge is 2.57. The molecule has 0 spiro atoms. The van der Waals surface area contributed by atoms with E-state index in [1.165, 1.54) is 34.7 Å². The summed E-state index contributed by atoms with van der Waals surface area (Å²) in [5.74, 6) is -2.67. The van der Waals surface area contributed by atoms with E-state index in [1.54, 1.807) is 18.2 Å². The number of imide groups is 1. The van der Waals surface area contributed by atoms with Crippen molar-refractivity contribution in [2.75, 3.05) is 11.5 Å². The van der Waals surface area contributed by atoms with Crippen LogP contribution in [0.5, 0.6) is 5.75 Å². The number of hydrogen-bond donors (Lipinski definition) is 3. The van der Waals surface area contributed by atoms with Crippen LogP contribution in [-0.2, 0) is 14.3 Å². The smallest absolute Gasteiger partial charge is 0.488 e. The molecule has 9 heteroatoms. The normalized spacial score (nSPS) is 24.8. The van der Waals surface area contributed by atoms with Gasteiger partial charge in [-0.1, -0.05) is 48.8 Å². The van der Waals surface area contributed by atoms with Gasteiger partial charge in [-0.05, 0) is 73.5 Å². The number of carbonyl (C=O) groups excluding carboxylic acids is 2. The van der Waals surface area contributed by atoms with Crippen LogP contribution < -0.4 is 10.4 Å². The number of carbonyl (C=O) groups is 2. The van der Waals surface area contributed by atoms with Crippen LogP contribution in [0.25, 0.3) is 6.08 Å². The molecular weight excluding hydrogens is 500 g/mol. The number of aromatic hydroxyl groups is 1. The maximum atomic E-state index is 13.7. The van der Waals surface area contributed by atoms with Gasteiger partial charge in [-0.25, -0.2) is 4.39 Å². The number of ether oxygens (including phenoxy) is 1. The van der Waals surface area contributed by atoms with Gasteiger partial charge in [-0.2, -0.15) is 0 Å². The summed E-state index contributed by atoms with van der Waals surface area (Å²) >= 11 is 0. The molecule has 2 heterocycles. The number of rotatable bonds is 8. The molecule has 0 aromatic heterocycles. The lowest BCUT2D eigenvalue weighted by atomic mass is 9.68. The summed E-state index contributed by atoms with van der Waals surface area (Å²) in [6, 6.07) is 10.6. The van der Waals surface area contributed by atoms with Crippen molar-refractivity contribution < 1.29 is 33.9 Å². The van der Waals surface area contributed by atoms with E-state index in [4.69, 9.17) is 4.74 Å². The van der Waals surface area contributed by atoms with Gasteiger partial charge >= 0.3 is 7.12 Å². The first-order valence-corrected chi connectivity index (χ1v) is 13.5. The van der Waals surface area contributed by atoms with Crippen molar-refractivity contribution in [3.05, 3.63) is 70.6 Å². The van der Waals surface area contributed by atoms with Gasteiger partial charge in [0.2, 0.25) is 11.8 Å². The Bertz CT molecular complexity index is 1350. The second kappa shape index (κ2) is 11.1. The zero-order valence-corrected chi connectivity index (χ0v) is 22.1. The summed E-state index contributed by atoms with van der Waals surface area (Å²) in [6.07, 6.45) is 5.44. The summed E-state index contributed by atoms with van der Waals surface area (Å²) in [5.41, 5.74) is 4.65. The number of phenolic OH excluding ortho intramolecular Hbond substituents is 1. The Labute approximate surface area is 227 Å². The van der Waals surface area contributed by atoms with Gasteiger partial charge in [0, 0.05) is 5.92 Å². The largest absolute Gasteiger partial charge is 0.505 e. The Morgan fingerprint density at radius 3 is 2.67 bits per heavy atom. The minimum absolute atomic E-state index is 0.151. The van der Waals surface area contributed by atoms with Crippen LogP contribution in [0.3, 0.4) is 0 Å². The molecule has 0 bridgehead atoms. The standard InChI is InChI=1S/C30H33BFNO6/c1-3-5-19-14-22-28(30(36)33(29(22)35)21-7-4-6-20(15-21)31(37)38)23-16-39-26(27(19)23)11-8-17(2)12-18-9-10-25(34)24(32)13-18/h4,6-7,9-10,12-13,15,22-23,26,28,34,37-38H,3,5,8,11,14,16H2,1-2H3/b17-12+/t22-,23+,26-,28-/m1/s1. The van der Waals surface area contributed by atoms with Gasteiger partial charge in [0.1, 0.15) is 0 Å². The third-order valence-corrected chi connectivity index (χ3v) is 8.17. The predicted molar refractivity (Wildman–Crippen MR) is 146 cm³/mol. The number of fused-ring (bicyclic) bond motifs is 3. The predicted octanol–water partition coefficient (Wildman–Crippen LogP) is 3.72. The molecule has 0 saturated carbocycles. The number of hydrogen-bond acceptors (Lipinski definition) is 6. The molecule has 0 unspecified atom stereocenters. The van der Waals surface area contributed by atoms with E-state index in [2.05, 4.69) is 6.92 Å². The number of halogens is 1. The number of phenols is 1. The Hall–Kier alpha value is -3.27. The van der Waals surface area contributed by atoms with E-state index in [-0.39, 0.29) is 35.0 Å². The van der Waals surface area contributed by atoms with E-state index in [9.17, 15) is 29.1 Å². The molecular formula is C30H33BFNO6. The Morgan fingerprint density at radius 2 is 1.95 bits per heavy atom. The van der Waals surface area contributed by atoms with E-state index in [1.807, 2.05) is 13.0 Å². The van der Waals surface area contributed by atoms with Crippen molar-refractivity contribution in [2.45, 2.75) is 52.1 Å². The maximum Gasteiger partial charge on any atom is 0.488 e. The van der Waals surface area contributed by atoms with Crippen LogP contribution in [-0.4, -0.2) is 46.8 Å². The van der Waals surface area contributed by atoms with Crippen LogP contribution in [0.2, 0.25) is 0 Å². The van der Waals surface area contributed by atoms with Gasteiger partial charge in [0.25, 0.3) is 0 Å². The van der Waals surface area contributed by atoms with Gasteiger partial charge < -0.3 is 19.9 Å². The van der Waals surface area contributed by atoms with E-state index in [0.717, 1.165) is 24.0 Å². The molecule has 3 aliphatic rings. The molecule has 7 nitrogen and oxygen atoms in total. The molecule has 2 aliphatic heterocycles. The molecule has 4 atom stereocenters. The van der Waals surface area contributed by atoms with Gasteiger partial charge in [0.05, 0.1) is 30.2 Å². The highest BCUT2D eigenvalue weighted by atomic mass is 19.1. The fourth-order valence-electron chi connectivity index (χ4n) is 6.42. The summed E-state index contributed by atoms with van der Waals surface area (Å²) in [4.78, 5) is 28.5. The van der Waals surface area contributed by atoms with E-state index >= 15 is 0 Å². The van der Waals surface area contributed by atoms with Crippen molar-refractivity contribution in [3.63, 3.8) is 0 Å². The molecule has 2 saturated heterocycles. The van der Waals surface area contributed by atoms with Gasteiger partial charge in [-0.15, -0.1) is 0 Å². The van der Waals surface area contributed by atoms with E-state index < -0.39 is 24.8 Å². The van der Waals surface area contributed by atoms with Crippen LogP contribution in [0.15, 0.2) is 59.2 Å². The zero-order valence-electron chi connectivity index (χ0n) is 22.1. The third kappa shape index (κ3) is 5.18. The minimum Gasteiger partial charge on any atom is -0.505 e. The molecule has 204 valence electrons. The molecule has 3 N–H and O–H groups in total. The van der Waals surface area contributed by atoms with E-state index in [0.29, 0.717) is 37.1 Å². The zero-order chi connectivity index (χ0) is 27.8. The van der Waals surface area contributed by atoms with Crippen molar-refractivity contribution in [1.82, 2.24) is 0 Å². The number of anilines is 1. The molecule has 0 radical (unpaired) electrons. The van der Waals surface area contributed by atoms with Crippen LogP contribution >= 0.6 is 0 Å². The molecule has 2 aromatic rings. The fraction of sp³-hybridized carbons (Fsp3) is 0.400. The minimum atomic E-state index is -1.70. The van der Waals surface area contributed by atoms with Crippen molar-refractivity contribution in [2.24, 2.45) is 17.8 Å². The SMILES string of the molecule is CCCC1=C2[C@@H](CC/C(C)=C/c3ccc(O)c(F)c3)OC[C@@H]2[C@@H]2C(=O)N(c3cccc(B(O)O)c3)C(=O)[C@@H]2C1. The van der Waals surface area contributed by atoms with Crippen LogP contribution in [0, 0.1) is 23.6 Å². The van der Waals surface area contributed by atoms with Gasteiger partial charge in [0.15, 0.2) is 11.6 Å². The molecule has 39 heavy (non-hydrogen) atoms. The third-order valence-electron chi connectivity index (χ3n) is 8.17. The van der Waals surface area contributed by atoms with Crippen molar-refractivity contribution in [1.29, 1.82) is 0 Å².